The number of hydrogen-bond donors (Lipinski definition) is 3. The first kappa shape index (κ1) is 18.9. The first-order chi connectivity index (χ1) is 12.3. The van der Waals surface area contributed by atoms with Gasteiger partial charge in [-0.15, -0.1) is 10.2 Å². The molecule has 1 aromatic heterocycles. The van der Waals surface area contributed by atoms with E-state index in [0.29, 0.717) is 6.54 Å². The van der Waals surface area contributed by atoms with Crippen LogP contribution >= 0.6 is 0 Å². The van der Waals surface area contributed by atoms with E-state index in [1.54, 1.807) is 6.33 Å². The molecule has 3 N–H and O–H groups in total. The topological polar surface area (TPSA) is 87.4 Å². The van der Waals surface area contributed by atoms with E-state index in [9.17, 15) is 5.11 Å². The van der Waals surface area contributed by atoms with E-state index in [-0.39, 0.29) is 12.5 Å². The quantitative estimate of drug-likeness (QED) is 0.469. The Morgan fingerprint density at radius 1 is 1.24 bits per heavy atom. The number of guanidine groups is 1. The van der Waals surface area contributed by atoms with Gasteiger partial charge in [-0.3, -0.25) is 4.99 Å². The molecule has 25 heavy (non-hydrogen) atoms. The van der Waals surface area contributed by atoms with Gasteiger partial charge in [-0.25, -0.2) is 0 Å². The van der Waals surface area contributed by atoms with Gasteiger partial charge >= 0.3 is 0 Å². The molecule has 7 nitrogen and oxygen atoms in total. The third kappa shape index (κ3) is 5.86. The van der Waals surface area contributed by atoms with E-state index < -0.39 is 0 Å². The summed E-state index contributed by atoms with van der Waals surface area (Å²) in [6.07, 6.45) is 2.62. The molecule has 1 aromatic carbocycles. The Morgan fingerprint density at radius 2 is 2.04 bits per heavy atom. The number of aryl methyl sites for hydroxylation is 1. The predicted molar refractivity (Wildman–Crippen MR) is 99.7 cm³/mol. The third-order valence-corrected chi connectivity index (χ3v) is 3.96. The number of aliphatic hydroxyl groups is 1. The molecule has 1 heterocycles. The highest BCUT2D eigenvalue weighted by atomic mass is 16.3. The number of aliphatic imine (C=N–C) groups is 1. The van der Waals surface area contributed by atoms with Crippen LogP contribution in [0.2, 0.25) is 0 Å². The molecule has 0 saturated heterocycles. The van der Waals surface area contributed by atoms with Crippen molar-refractivity contribution < 1.29 is 5.11 Å². The number of benzene rings is 1. The summed E-state index contributed by atoms with van der Waals surface area (Å²) < 4.78 is 2.04. The van der Waals surface area contributed by atoms with E-state index in [4.69, 9.17) is 0 Å². The van der Waals surface area contributed by atoms with E-state index in [1.165, 1.54) is 0 Å². The van der Waals surface area contributed by atoms with Crippen molar-refractivity contribution in [3.63, 3.8) is 0 Å². The fourth-order valence-corrected chi connectivity index (χ4v) is 2.57. The third-order valence-electron chi connectivity index (χ3n) is 3.96. The fraction of sp³-hybridized carbons (Fsp3) is 0.500. The lowest BCUT2D eigenvalue weighted by Crippen LogP contribution is -2.39. The monoisotopic (exact) mass is 344 g/mol. The van der Waals surface area contributed by atoms with Crippen LogP contribution in [0.25, 0.3) is 0 Å². The maximum atomic E-state index is 9.65. The highest BCUT2D eigenvalue weighted by Gasteiger charge is 2.10. The molecular formula is C18H28N6O. The lowest BCUT2D eigenvalue weighted by molar-refractivity contribution is 0.268. The lowest BCUT2D eigenvalue weighted by Gasteiger charge is -2.15. The van der Waals surface area contributed by atoms with Crippen LogP contribution in [0.1, 0.15) is 31.2 Å². The van der Waals surface area contributed by atoms with E-state index in [0.717, 1.165) is 43.4 Å². The minimum atomic E-state index is 0.00111. The maximum absolute atomic E-state index is 9.65. The fourth-order valence-electron chi connectivity index (χ4n) is 2.57. The van der Waals surface area contributed by atoms with Crippen molar-refractivity contribution in [3.05, 3.63) is 48.0 Å². The highest BCUT2D eigenvalue weighted by molar-refractivity contribution is 5.79. The average Bonchev–Trinajstić information content (AvgIpc) is 3.10. The van der Waals surface area contributed by atoms with Crippen LogP contribution in [0, 0.1) is 0 Å². The first-order valence-electron chi connectivity index (χ1n) is 8.83. The summed E-state index contributed by atoms with van der Waals surface area (Å²) in [6, 6.07) is 9.98. The molecule has 0 saturated carbocycles. The van der Waals surface area contributed by atoms with Crippen LogP contribution in [0.3, 0.4) is 0 Å². The van der Waals surface area contributed by atoms with E-state index in [2.05, 4.69) is 32.7 Å². The molecule has 0 aliphatic carbocycles. The Morgan fingerprint density at radius 3 is 2.72 bits per heavy atom. The van der Waals surface area contributed by atoms with Crippen molar-refractivity contribution in [1.82, 2.24) is 25.4 Å². The summed E-state index contributed by atoms with van der Waals surface area (Å²) >= 11 is 0. The van der Waals surface area contributed by atoms with Gasteiger partial charge in [0.1, 0.15) is 12.2 Å². The Balaban J connectivity index is 1.91. The van der Waals surface area contributed by atoms with E-state index >= 15 is 0 Å². The molecule has 0 aliphatic heterocycles. The van der Waals surface area contributed by atoms with Gasteiger partial charge in [-0.1, -0.05) is 37.3 Å². The van der Waals surface area contributed by atoms with Gasteiger partial charge in [0.2, 0.25) is 0 Å². The minimum absolute atomic E-state index is 0.00111. The van der Waals surface area contributed by atoms with Gasteiger partial charge in [0.15, 0.2) is 5.96 Å². The summed E-state index contributed by atoms with van der Waals surface area (Å²) in [4.78, 5) is 4.62. The number of rotatable bonds is 9. The van der Waals surface area contributed by atoms with E-state index in [1.807, 2.05) is 41.8 Å². The zero-order valence-corrected chi connectivity index (χ0v) is 15.0. The van der Waals surface area contributed by atoms with Gasteiger partial charge in [0, 0.05) is 32.0 Å². The second-order valence-corrected chi connectivity index (χ2v) is 5.73. The Labute approximate surface area is 149 Å². The molecule has 136 valence electrons. The lowest BCUT2D eigenvalue weighted by atomic mass is 10.0. The highest BCUT2D eigenvalue weighted by Crippen LogP contribution is 2.14. The minimum Gasteiger partial charge on any atom is -0.396 e. The summed E-state index contributed by atoms with van der Waals surface area (Å²) in [7, 11) is 0. The molecule has 1 atom stereocenters. The van der Waals surface area contributed by atoms with Crippen molar-refractivity contribution in [3.8, 4) is 0 Å². The summed E-state index contributed by atoms with van der Waals surface area (Å²) in [5, 5.41) is 24.2. The number of nitrogens with one attached hydrogen (secondary N) is 2. The van der Waals surface area contributed by atoms with Crippen LogP contribution < -0.4 is 10.6 Å². The normalized spacial score (nSPS) is 12.8. The molecule has 0 bridgehead atoms. The van der Waals surface area contributed by atoms with Crippen molar-refractivity contribution in [2.45, 2.75) is 32.7 Å². The number of nitrogens with zero attached hydrogens (tertiary/aromatic N) is 4. The molecular weight excluding hydrogens is 316 g/mol. The standard InChI is InChI=1S/C18H28N6O/c1-3-17-23-22-14-24(17)11-10-20-18(19-4-2)21-12-16(13-25)15-8-6-5-7-9-15/h5-9,14,16,25H,3-4,10-13H2,1-2H3,(H2,19,20,21). The van der Waals surface area contributed by atoms with Gasteiger partial charge in [-0.2, -0.15) is 0 Å². The first-order valence-corrected chi connectivity index (χ1v) is 8.83. The Hall–Kier alpha value is -2.41. The molecule has 2 aromatic rings. The smallest absolute Gasteiger partial charge is 0.191 e. The van der Waals surface area contributed by atoms with Gasteiger partial charge in [0.05, 0.1) is 13.2 Å². The molecule has 1 unspecified atom stereocenters. The van der Waals surface area contributed by atoms with Crippen LogP contribution in [0.15, 0.2) is 41.7 Å². The molecule has 7 heteroatoms. The predicted octanol–water partition coefficient (Wildman–Crippen LogP) is 1.17. The van der Waals surface area contributed by atoms with Gasteiger partial charge in [0.25, 0.3) is 0 Å². The summed E-state index contributed by atoms with van der Waals surface area (Å²) in [6.45, 7) is 7.00. The van der Waals surface area contributed by atoms with Crippen LogP contribution in [0.5, 0.6) is 0 Å². The van der Waals surface area contributed by atoms with Crippen LogP contribution in [-0.4, -0.2) is 52.1 Å². The molecule has 2 rings (SSSR count). The summed E-state index contributed by atoms with van der Waals surface area (Å²) in [5.41, 5.74) is 1.10. The average molecular weight is 344 g/mol. The van der Waals surface area contributed by atoms with Crippen molar-refractivity contribution in [1.29, 1.82) is 0 Å². The zero-order chi connectivity index (χ0) is 17.9. The van der Waals surface area contributed by atoms with Crippen molar-refractivity contribution in [2.24, 2.45) is 4.99 Å². The molecule has 0 spiro atoms. The number of aliphatic hydroxyl groups excluding tert-OH is 1. The van der Waals surface area contributed by atoms with Gasteiger partial charge < -0.3 is 20.3 Å². The molecule has 0 amide bonds. The largest absolute Gasteiger partial charge is 0.396 e. The maximum Gasteiger partial charge on any atom is 0.191 e. The molecule has 0 radical (unpaired) electrons. The second-order valence-electron chi connectivity index (χ2n) is 5.73. The van der Waals surface area contributed by atoms with Crippen molar-refractivity contribution in [2.75, 3.05) is 26.2 Å². The molecule has 0 fully saturated rings. The van der Waals surface area contributed by atoms with Crippen LogP contribution in [0.4, 0.5) is 0 Å². The van der Waals surface area contributed by atoms with Crippen LogP contribution in [-0.2, 0) is 13.0 Å². The van der Waals surface area contributed by atoms with Gasteiger partial charge in [-0.05, 0) is 12.5 Å². The Bertz CT molecular complexity index is 640. The van der Waals surface area contributed by atoms with Crippen molar-refractivity contribution >= 4 is 5.96 Å². The second kappa shape index (κ2) is 10.5. The zero-order valence-electron chi connectivity index (χ0n) is 15.0. The summed E-state index contributed by atoms with van der Waals surface area (Å²) in [5.74, 6) is 1.73. The SMILES string of the molecule is CCNC(=NCC(CO)c1ccccc1)NCCn1cnnc1CC. The number of hydrogen-bond acceptors (Lipinski definition) is 4. The molecule has 0 aliphatic rings. The number of aromatic nitrogens is 3. The Kier molecular flexibility index (Phi) is 7.91.